The molecule has 0 amide bonds. The number of hydrogen-bond acceptors (Lipinski definition) is 3. The van der Waals surface area contributed by atoms with E-state index in [4.69, 9.17) is 10.5 Å². The van der Waals surface area contributed by atoms with Gasteiger partial charge in [-0.3, -0.25) is 0 Å². The Bertz CT molecular complexity index is 936. The lowest BCUT2D eigenvalue weighted by Gasteiger charge is -2.07. The summed E-state index contributed by atoms with van der Waals surface area (Å²) < 4.78 is 5.56. The molecule has 0 fully saturated rings. The second-order valence-electron chi connectivity index (χ2n) is 7.07. The van der Waals surface area contributed by atoms with Crippen molar-refractivity contribution in [1.82, 2.24) is 0 Å². The number of methoxy groups -OCH3 is 1. The van der Waals surface area contributed by atoms with Crippen molar-refractivity contribution in [3.05, 3.63) is 74.6 Å². The zero-order valence-electron chi connectivity index (χ0n) is 23.4. The number of hydrogen-bond donors (Lipinski definition) is 1. The molecule has 0 atom stereocenters. The van der Waals surface area contributed by atoms with Crippen LogP contribution in [0.3, 0.4) is 0 Å². The second kappa shape index (κ2) is 22.5. The maximum Gasteiger partial charge on any atom is 0.340 e. The molecule has 0 bridgehead atoms. The highest BCUT2D eigenvalue weighted by Gasteiger charge is 2.13. The number of carbonyl (C=O) groups is 1. The quantitative estimate of drug-likeness (QED) is 0.228. The molecule has 0 heterocycles. The van der Waals surface area contributed by atoms with E-state index < -0.39 is 5.97 Å². The van der Waals surface area contributed by atoms with Crippen LogP contribution >= 0.6 is 15.9 Å². The fourth-order valence-electron chi connectivity index (χ4n) is 2.54. The summed E-state index contributed by atoms with van der Waals surface area (Å²) in [5.41, 5.74) is 9.15. The average Bonchev–Trinajstić information content (AvgIpc) is 2.83. The number of allylic oxidation sites excluding steroid dienone is 7. The first-order valence-electron chi connectivity index (χ1n) is 12.1. The molecule has 0 saturated carbocycles. The monoisotopic (exact) mass is 533 g/mol. The van der Waals surface area contributed by atoms with Gasteiger partial charge < -0.3 is 10.5 Å². The lowest BCUT2D eigenvalue weighted by molar-refractivity contribution is 0.0601. The van der Waals surface area contributed by atoms with Gasteiger partial charge in [-0.15, -0.1) is 0 Å². The van der Waals surface area contributed by atoms with Crippen LogP contribution in [-0.2, 0) is 4.74 Å². The van der Waals surface area contributed by atoms with Crippen LogP contribution in [0.25, 0.3) is 12.2 Å². The van der Waals surface area contributed by atoms with Gasteiger partial charge in [-0.1, -0.05) is 119 Å². The predicted molar refractivity (Wildman–Crippen MR) is 158 cm³/mol. The van der Waals surface area contributed by atoms with Gasteiger partial charge in [0.15, 0.2) is 0 Å². The van der Waals surface area contributed by atoms with E-state index in [1.54, 1.807) is 6.07 Å². The maximum atomic E-state index is 11.6. The van der Waals surface area contributed by atoms with Crippen molar-refractivity contribution in [2.24, 2.45) is 5.92 Å². The molecule has 0 spiro atoms. The molecule has 0 aliphatic rings. The summed E-state index contributed by atoms with van der Waals surface area (Å²) in [4.78, 5) is 11.6. The molecule has 0 aromatic heterocycles. The minimum atomic E-state index is -0.422. The van der Waals surface area contributed by atoms with Crippen LogP contribution in [0.2, 0.25) is 0 Å². The fourth-order valence-corrected chi connectivity index (χ4v) is 3.14. The number of benzene rings is 1. The standard InChI is InChI=1S/C13H16BrNO2.C13H20.2C2H6/c1-4-6-9-8(5-2)12(15)10(7-11(9)14)13(16)17-3;1-6-7-8-13(12(4)5)10-9-11(2)3;2*1-2/h5-7H,4,15H2,1-3H3;6-11H,4H2,1-3,5H3;2*1-2H3/b8-5+,9-6+;7-6-,10-9-,13-8-;;. The first-order chi connectivity index (χ1) is 16.1. The minimum Gasteiger partial charge on any atom is -0.465 e. The van der Waals surface area contributed by atoms with Gasteiger partial charge in [-0.2, -0.15) is 0 Å². The Morgan fingerprint density at radius 1 is 1.18 bits per heavy atom. The van der Waals surface area contributed by atoms with Crippen molar-refractivity contribution in [2.45, 2.75) is 75.7 Å². The Balaban J connectivity index is -0.000000507. The van der Waals surface area contributed by atoms with Crippen LogP contribution in [0.1, 0.15) is 86.0 Å². The van der Waals surface area contributed by atoms with Gasteiger partial charge in [-0.25, -0.2) is 4.79 Å². The van der Waals surface area contributed by atoms with Gasteiger partial charge in [-0.05, 0) is 50.0 Å². The number of nitrogens with two attached hydrogens (primary N) is 1. The van der Waals surface area contributed by atoms with Crippen LogP contribution in [0.5, 0.6) is 0 Å². The van der Waals surface area contributed by atoms with Crippen molar-refractivity contribution in [3.63, 3.8) is 0 Å². The molecule has 34 heavy (non-hydrogen) atoms. The molecule has 0 aliphatic heterocycles. The molecule has 2 N–H and O–H groups in total. The van der Waals surface area contributed by atoms with Gasteiger partial charge in [0, 0.05) is 9.69 Å². The molecule has 0 aliphatic carbocycles. The smallest absolute Gasteiger partial charge is 0.340 e. The van der Waals surface area contributed by atoms with Crippen LogP contribution in [0.4, 0.5) is 5.69 Å². The number of nitrogen functional groups attached to an aromatic ring is 1. The van der Waals surface area contributed by atoms with Crippen LogP contribution in [0.15, 0.2) is 58.6 Å². The molecule has 0 radical (unpaired) electrons. The number of carbonyl (C=O) groups excluding carboxylic acids is 1. The van der Waals surface area contributed by atoms with Gasteiger partial charge >= 0.3 is 5.97 Å². The number of esters is 1. The van der Waals surface area contributed by atoms with Crippen molar-refractivity contribution in [1.29, 1.82) is 0 Å². The third kappa shape index (κ3) is 14.0. The Morgan fingerprint density at radius 2 is 1.74 bits per heavy atom. The Hall–Kier alpha value is -2.33. The maximum absolute atomic E-state index is 11.6. The average molecular weight is 535 g/mol. The minimum absolute atomic E-state index is 0.390. The van der Waals surface area contributed by atoms with Gasteiger partial charge in [0.05, 0.1) is 18.4 Å². The zero-order valence-corrected chi connectivity index (χ0v) is 25.0. The van der Waals surface area contributed by atoms with Crippen molar-refractivity contribution in [2.75, 3.05) is 12.8 Å². The molecule has 4 heteroatoms. The van der Waals surface area contributed by atoms with E-state index in [0.717, 1.165) is 26.9 Å². The van der Waals surface area contributed by atoms with Crippen LogP contribution < -0.4 is 16.2 Å². The summed E-state index contributed by atoms with van der Waals surface area (Å²) in [5, 5.41) is 1.88. The molecule has 1 aromatic carbocycles. The number of halogens is 1. The van der Waals surface area contributed by atoms with Crippen LogP contribution in [-0.4, -0.2) is 13.1 Å². The van der Waals surface area contributed by atoms with E-state index in [-0.39, 0.29) is 0 Å². The molecule has 1 rings (SSSR count). The number of rotatable bonds is 6. The van der Waals surface area contributed by atoms with Gasteiger partial charge in [0.2, 0.25) is 0 Å². The zero-order chi connectivity index (χ0) is 27.3. The Morgan fingerprint density at radius 3 is 2.12 bits per heavy atom. The highest BCUT2D eigenvalue weighted by atomic mass is 79.9. The Kier molecular flexibility index (Phi) is 23.9. The third-order valence-corrected chi connectivity index (χ3v) is 4.78. The predicted octanol–water partition coefficient (Wildman–Crippen LogP) is 8.14. The summed E-state index contributed by atoms with van der Waals surface area (Å²) in [6.07, 6.45) is 15.3. The molecular formula is C30H48BrNO2. The second-order valence-corrected chi connectivity index (χ2v) is 7.93. The van der Waals surface area contributed by atoms with Gasteiger partial charge in [0.1, 0.15) is 0 Å². The SMILES string of the molecule is C/C=c1/c(N)c(C(=O)OC)cc(Br)/c1=C/CC.C=C(C)C(/C=C\C(C)C)=C\C=C/C.CC.CC. The molecule has 0 saturated heterocycles. The number of ether oxygens (including phenoxy) is 1. The van der Waals surface area contributed by atoms with E-state index >= 15 is 0 Å². The summed E-state index contributed by atoms with van der Waals surface area (Å²) in [6, 6.07) is 1.70. The van der Waals surface area contributed by atoms with E-state index in [1.165, 1.54) is 12.7 Å². The van der Waals surface area contributed by atoms with E-state index in [0.29, 0.717) is 17.2 Å². The summed E-state index contributed by atoms with van der Waals surface area (Å²) in [7, 11) is 1.34. The highest BCUT2D eigenvalue weighted by Crippen LogP contribution is 2.13. The van der Waals surface area contributed by atoms with Crippen molar-refractivity contribution in [3.8, 4) is 0 Å². The summed E-state index contributed by atoms with van der Waals surface area (Å²) in [6.45, 7) is 24.3. The van der Waals surface area contributed by atoms with Gasteiger partial charge in [0.25, 0.3) is 0 Å². The first kappa shape index (κ1) is 36.2. The van der Waals surface area contributed by atoms with E-state index in [1.807, 2.05) is 66.7 Å². The summed E-state index contributed by atoms with van der Waals surface area (Å²) >= 11 is 3.46. The van der Waals surface area contributed by atoms with Crippen molar-refractivity contribution >= 4 is 39.7 Å². The van der Waals surface area contributed by atoms with E-state index in [9.17, 15) is 4.79 Å². The third-order valence-electron chi connectivity index (χ3n) is 4.12. The molecular weight excluding hydrogens is 486 g/mol. The van der Waals surface area contributed by atoms with Crippen LogP contribution in [0, 0.1) is 5.92 Å². The normalized spacial score (nSPS) is 12.0. The molecule has 3 nitrogen and oxygen atoms in total. The first-order valence-corrected chi connectivity index (χ1v) is 12.9. The molecule has 0 unspecified atom stereocenters. The fraction of sp³-hybridized carbons (Fsp3) is 0.433. The number of anilines is 1. The lowest BCUT2D eigenvalue weighted by atomic mass is 10.1. The summed E-state index contributed by atoms with van der Waals surface area (Å²) in [5.74, 6) is 0.169. The highest BCUT2D eigenvalue weighted by molar-refractivity contribution is 9.10. The van der Waals surface area contributed by atoms with E-state index in [2.05, 4.69) is 67.6 Å². The molecule has 1 aromatic rings. The Labute approximate surface area is 218 Å². The topological polar surface area (TPSA) is 52.3 Å². The molecule has 192 valence electrons. The largest absolute Gasteiger partial charge is 0.465 e. The van der Waals surface area contributed by atoms with Crippen molar-refractivity contribution < 1.29 is 9.53 Å². The lowest BCUT2D eigenvalue weighted by Crippen LogP contribution is -2.31.